The van der Waals surface area contributed by atoms with Gasteiger partial charge in [-0.05, 0) is 61.6 Å². The first-order chi connectivity index (χ1) is 7.47. The second-order valence-electron chi connectivity index (χ2n) is 3.81. The minimum absolute atomic E-state index is 0.110. The van der Waals surface area contributed by atoms with Gasteiger partial charge < -0.3 is 4.90 Å². The summed E-state index contributed by atoms with van der Waals surface area (Å²) in [4.78, 5) is 13.9. The standard InChI is InChI=1S/C12H15FINO/c1-4-15(8(2)3)12(16)10-7-9(13)5-6-11(10)14/h5-8H,4H2,1-3H3. The summed E-state index contributed by atoms with van der Waals surface area (Å²) >= 11 is 2.05. The molecule has 16 heavy (non-hydrogen) atoms. The van der Waals surface area contributed by atoms with E-state index in [4.69, 9.17) is 0 Å². The molecule has 0 heterocycles. The molecule has 88 valence electrons. The number of nitrogens with zero attached hydrogens (tertiary/aromatic N) is 1. The lowest BCUT2D eigenvalue weighted by Crippen LogP contribution is -2.37. The van der Waals surface area contributed by atoms with Crippen LogP contribution in [0.3, 0.4) is 0 Å². The van der Waals surface area contributed by atoms with Crippen LogP contribution in [0.5, 0.6) is 0 Å². The Balaban J connectivity index is 3.08. The maximum Gasteiger partial charge on any atom is 0.255 e. The van der Waals surface area contributed by atoms with Crippen molar-refractivity contribution in [2.24, 2.45) is 0 Å². The number of carbonyl (C=O) groups excluding carboxylic acids is 1. The van der Waals surface area contributed by atoms with Gasteiger partial charge in [-0.15, -0.1) is 0 Å². The quantitative estimate of drug-likeness (QED) is 0.776. The highest BCUT2D eigenvalue weighted by atomic mass is 127. The number of carbonyl (C=O) groups is 1. The molecule has 0 spiro atoms. The minimum Gasteiger partial charge on any atom is -0.336 e. The smallest absolute Gasteiger partial charge is 0.255 e. The summed E-state index contributed by atoms with van der Waals surface area (Å²) in [5.41, 5.74) is 0.441. The number of hydrogen-bond acceptors (Lipinski definition) is 1. The van der Waals surface area contributed by atoms with Gasteiger partial charge in [0.2, 0.25) is 0 Å². The summed E-state index contributed by atoms with van der Waals surface area (Å²) in [6.07, 6.45) is 0. The SMILES string of the molecule is CCN(C(=O)c1cc(F)ccc1I)C(C)C. The molecule has 1 rings (SSSR count). The van der Waals surface area contributed by atoms with Gasteiger partial charge in [0.1, 0.15) is 5.82 Å². The third kappa shape index (κ3) is 2.93. The van der Waals surface area contributed by atoms with Gasteiger partial charge in [0.15, 0.2) is 0 Å². The van der Waals surface area contributed by atoms with Gasteiger partial charge in [0, 0.05) is 16.2 Å². The third-order valence-electron chi connectivity index (χ3n) is 2.38. The van der Waals surface area contributed by atoms with Gasteiger partial charge in [-0.1, -0.05) is 0 Å². The van der Waals surface area contributed by atoms with Gasteiger partial charge in [-0.25, -0.2) is 4.39 Å². The molecule has 0 atom stereocenters. The highest BCUT2D eigenvalue weighted by Crippen LogP contribution is 2.17. The van der Waals surface area contributed by atoms with Crippen LogP contribution >= 0.6 is 22.6 Å². The predicted octanol–water partition coefficient (Wildman–Crippen LogP) is 3.30. The van der Waals surface area contributed by atoms with E-state index in [0.29, 0.717) is 12.1 Å². The minimum atomic E-state index is -0.372. The largest absolute Gasteiger partial charge is 0.336 e. The van der Waals surface area contributed by atoms with Crippen molar-refractivity contribution in [1.29, 1.82) is 0 Å². The van der Waals surface area contributed by atoms with Gasteiger partial charge in [0.25, 0.3) is 5.91 Å². The molecule has 0 N–H and O–H groups in total. The number of amides is 1. The molecule has 1 aromatic rings. The van der Waals surface area contributed by atoms with Crippen molar-refractivity contribution in [3.63, 3.8) is 0 Å². The Labute approximate surface area is 109 Å². The van der Waals surface area contributed by atoms with E-state index in [0.717, 1.165) is 3.57 Å². The first-order valence-electron chi connectivity index (χ1n) is 5.23. The summed E-state index contributed by atoms with van der Waals surface area (Å²) in [5, 5.41) is 0. The van der Waals surface area contributed by atoms with E-state index < -0.39 is 0 Å². The van der Waals surface area contributed by atoms with Crippen molar-refractivity contribution >= 4 is 28.5 Å². The van der Waals surface area contributed by atoms with Crippen LogP contribution in [0.15, 0.2) is 18.2 Å². The van der Waals surface area contributed by atoms with Crippen molar-refractivity contribution < 1.29 is 9.18 Å². The molecule has 0 aromatic heterocycles. The van der Waals surface area contributed by atoms with Crippen LogP contribution in [-0.2, 0) is 0 Å². The lowest BCUT2D eigenvalue weighted by Gasteiger charge is -2.25. The molecular weight excluding hydrogens is 320 g/mol. The average Bonchev–Trinajstić information content (AvgIpc) is 2.22. The average molecular weight is 335 g/mol. The normalized spacial score (nSPS) is 10.6. The first-order valence-corrected chi connectivity index (χ1v) is 6.31. The van der Waals surface area contributed by atoms with Crippen LogP contribution in [0.1, 0.15) is 31.1 Å². The molecule has 0 radical (unpaired) electrons. The first kappa shape index (κ1) is 13.4. The van der Waals surface area contributed by atoms with E-state index in [-0.39, 0.29) is 17.8 Å². The Morgan fingerprint density at radius 2 is 2.12 bits per heavy atom. The van der Waals surface area contributed by atoms with E-state index in [1.165, 1.54) is 12.1 Å². The van der Waals surface area contributed by atoms with Crippen LogP contribution < -0.4 is 0 Å². The van der Waals surface area contributed by atoms with Crippen molar-refractivity contribution in [1.82, 2.24) is 4.90 Å². The zero-order valence-corrected chi connectivity index (χ0v) is 11.8. The Morgan fingerprint density at radius 3 is 2.62 bits per heavy atom. The van der Waals surface area contributed by atoms with Crippen molar-refractivity contribution in [2.75, 3.05) is 6.54 Å². The van der Waals surface area contributed by atoms with Crippen LogP contribution in [0, 0.1) is 9.39 Å². The summed E-state index contributed by atoms with van der Waals surface area (Å²) < 4.78 is 13.9. The van der Waals surface area contributed by atoms with Crippen LogP contribution in [0.25, 0.3) is 0 Å². The van der Waals surface area contributed by atoms with Gasteiger partial charge in [-0.3, -0.25) is 4.79 Å². The molecule has 0 fully saturated rings. The van der Waals surface area contributed by atoms with Crippen LogP contribution in [0.2, 0.25) is 0 Å². The van der Waals surface area contributed by atoms with Gasteiger partial charge in [0.05, 0.1) is 5.56 Å². The van der Waals surface area contributed by atoms with E-state index in [9.17, 15) is 9.18 Å². The monoisotopic (exact) mass is 335 g/mol. The highest BCUT2D eigenvalue weighted by Gasteiger charge is 2.19. The van der Waals surface area contributed by atoms with Gasteiger partial charge >= 0.3 is 0 Å². The second-order valence-corrected chi connectivity index (χ2v) is 4.97. The Hall–Kier alpha value is -0.650. The fraction of sp³-hybridized carbons (Fsp3) is 0.417. The van der Waals surface area contributed by atoms with Crippen LogP contribution in [0.4, 0.5) is 4.39 Å². The predicted molar refractivity (Wildman–Crippen MR) is 71.0 cm³/mol. The van der Waals surface area contributed by atoms with Crippen LogP contribution in [-0.4, -0.2) is 23.4 Å². The van der Waals surface area contributed by atoms with E-state index in [1.807, 2.05) is 20.8 Å². The second kappa shape index (κ2) is 5.61. The Kier molecular flexibility index (Phi) is 4.70. The van der Waals surface area contributed by atoms with E-state index in [1.54, 1.807) is 11.0 Å². The molecule has 0 aliphatic carbocycles. The number of benzene rings is 1. The molecule has 0 aliphatic rings. The molecule has 1 aromatic carbocycles. The molecular formula is C12H15FINO. The molecule has 0 bridgehead atoms. The summed E-state index contributed by atoms with van der Waals surface area (Å²) in [6, 6.07) is 4.41. The fourth-order valence-electron chi connectivity index (χ4n) is 1.56. The van der Waals surface area contributed by atoms with Crippen molar-refractivity contribution in [2.45, 2.75) is 26.8 Å². The summed E-state index contributed by atoms with van der Waals surface area (Å²) in [6.45, 7) is 6.45. The molecule has 1 amide bonds. The molecule has 0 saturated heterocycles. The van der Waals surface area contributed by atoms with E-state index in [2.05, 4.69) is 22.6 Å². The topological polar surface area (TPSA) is 20.3 Å². The molecule has 2 nitrogen and oxygen atoms in total. The number of rotatable bonds is 3. The summed E-state index contributed by atoms with van der Waals surface area (Å²) in [5.74, 6) is -0.482. The summed E-state index contributed by atoms with van der Waals surface area (Å²) in [7, 11) is 0. The van der Waals surface area contributed by atoms with Gasteiger partial charge in [-0.2, -0.15) is 0 Å². The molecule has 0 unspecified atom stereocenters. The maximum atomic E-state index is 13.1. The van der Waals surface area contributed by atoms with E-state index >= 15 is 0 Å². The Morgan fingerprint density at radius 1 is 1.50 bits per heavy atom. The highest BCUT2D eigenvalue weighted by molar-refractivity contribution is 14.1. The molecule has 4 heteroatoms. The molecule has 0 aliphatic heterocycles. The third-order valence-corrected chi connectivity index (χ3v) is 3.32. The molecule has 0 saturated carbocycles. The fourth-order valence-corrected chi connectivity index (χ4v) is 2.13. The lowest BCUT2D eigenvalue weighted by atomic mass is 10.1. The number of hydrogen-bond donors (Lipinski definition) is 0. The zero-order valence-electron chi connectivity index (χ0n) is 9.63. The lowest BCUT2D eigenvalue weighted by molar-refractivity contribution is 0.0715. The van der Waals surface area contributed by atoms with Crippen molar-refractivity contribution in [3.05, 3.63) is 33.1 Å². The number of halogens is 2. The zero-order chi connectivity index (χ0) is 12.3. The Bertz CT molecular complexity index is 393. The maximum absolute atomic E-state index is 13.1. The van der Waals surface area contributed by atoms with Crippen molar-refractivity contribution in [3.8, 4) is 0 Å².